The molecule has 0 aliphatic heterocycles. The molecule has 0 unspecified atom stereocenters. The fraction of sp³-hybridized carbons (Fsp3) is 0.333. The van der Waals surface area contributed by atoms with Gasteiger partial charge in [-0.25, -0.2) is 4.98 Å². The molecule has 0 aliphatic carbocycles. The minimum absolute atomic E-state index is 0.0271. The number of allylic oxidation sites excluding steroid dienone is 1. The molecule has 0 saturated heterocycles. The molecule has 0 bridgehead atoms. The van der Waals surface area contributed by atoms with E-state index in [1.165, 1.54) is 24.9 Å². The molecule has 1 rings (SSSR count). The molecule has 0 aromatic carbocycles. The van der Waals surface area contributed by atoms with Crippen LogP contribution in [0.15, 0.2) is 18.3 Å². The van der Waals surface area contributed by atoms with Gasteiger partial charge in [0.2, 0.25) is 0 Å². The summed E-state index contributed by atoms with van der Waals surface area (Å²) >= 11 is 1.28. The predicted molar refractivity (Wildman–Crippen MR) is 72.4 cm³/mol. The molecule has 1 heterocycles. The molecule has 0 radical (unpaired) electrons. The zero-order valence-corrected chi connectivity index (χ0v) is 11.1. The topological polar surface area (TPSA) is 73.1 Å². The van der Waals surface area contributed by atoms with Gasteiger partial charge in [0.15, 0.2) is 5.12 Å². The first kappa shape index (κ1) is 14.4. The number of aryl methyl sites for hydroxylation is 1. The fourth-order valence-corrected chi connectivity index (χ4v) is 1.87. The van der Waals surface area contributed by atoms with Crippen molar-refractivity contribution in [1.29, 1.82) is 0 Å². The van der Waals surface area contributed by atoms with E-state index in [9.17, 15) is 14.9 Å². The minimum Gasteiger partial charge on any atom is -0.288 e. The lowest BCUT2D eigenvalue weighted by molar-refractivity contribution is -0.385. The molecule has 0 amide bonds. The van der Waals surface area contributed by atoms with Gasteiger partial charge in [-0.2, -0.15) is 0 Å². The number of hydrogen-bond acceptors (Lipinski definition) is 5. The van der Waals surface area contributed by atoms with Crippen molar-refractivity contribution in [2.45, 2.75) is 20.3 Å². The number of rotatable bonds is 5. The molecular weight excluding hydrogens is 252 g/mol. The Balaban J connectivity index is 2.58. The number of aromatic nitrogens is 1. The summed E-state index contributed by atoms with van der Waals surface area (Å²) in [4.78, 5) is 24.8. The smallest absolute Gasteiger partial charge is 0.288 e. The van der Waals surface area contributed by atoms with Crippen LogP contribution in [0.2, 0.25) is 0 Å². The fourth-order valence-electron chi connectivity index (χ4n) is 1.33. The third-order valence-electron chi connectivity index (χ3n) is 2.18. The van der Waals surface area contributed by atoms with Gasteiger partial charge in [-0.05, 0) is 25.5 Å². The lowest BCUT2D eigenvalue weighted by atomic mass is 10.2. The Bertz CT molecular complexity index is 486. The number of carbonyl (C=O) groups is 1. The van der Waals surface area contributed by atoms with Crippen molar-refractivity contribution in [1.82, 2.24) is 4.98 Å². The highest BCUT2D eigenvalue weighted by molar-refractivity contribution is 8.13. The summed E-state index contributed by atoms with van der Waals surface area (Å²) < 4.78 is 0. The van der Waals surface area contributed by atoms with E-state index in [0.717, 1.165) is 12.2 Å². The lowest BCUT2D eigenvalue weighted by Crippen LogP contribution is -1.94. The van der Waals surface area contributed by atoms with Gasteiger partial charge in [0, 0.05) is 18.2 Å². The normalized spacial score (nSPS) is 10.8. The Morgan fingerprint density at radius 1 is 1.61 bits per heavy atom. The van der Waals surface area contributed by atoms with Crippen LogP contribution >= 0.6 is 11.8 Å². The summed E-state index contributed by atoms with van der Waals surface area (Å²) in [5.74, 6) is 0.734. The molecule has 6 heteroatoms. The van der Waals surface area contributed by atoms with Gasteiger partial charge in [-0.15, -0.1) is 0 Å². The van der Waals surface area contributed by atoms with Crippen LogP contribution in [0.5, 0.6) is 0 Å². The number of thioether (sulfide) groups is 1. The summed E-state index contributed by atoms with van der Waals surface area (Å²) in [7, 11) is 0. The maximum absolute atomic E-state index is 10.7. The quantitative estimate of drug-likeness (QED) is 0.465. The Morgan fingerprint density at radius 2 is 2.33 bits per heavy atom. The van der Waals surface area contributed by atoms with Crippen LogP contribution in [0, 0.1) is 17.0 Å². The lowest BCUT2D eigenvalue weighted by Gasteiger charge is -1.98. The van der Waals surface area contributed by atoms with E-state index in [2.05, 4.69) is 4.98 Å². The second kappa shape index (κ2) is 6.90. The van der Waals surface area contributed by atoms with E-state index < -0.39 is 4.92 Å². The SMILES string of the molecule is CC(=O)SCCC=Cc1cc(C)c([N+](=O)[O-])cn1. The molecule has 5 nitrogen and oxygen atoms in total. The average Bonchev–Trinajstić information content (AvgIpc) is 2.27. The van der Waals surface area contributed by atoms with Crippen molar-refractivity contribution >= 4 is 28.6 Å². The summed E-state index contributed by atoms with van der Waals surface area (Å²) in [6, 6.07) is 1.67. The molecule has 0 N–H and O–H groups in total. The van der Waals surface area contributed by atoms with Crippen molar-refractivity contribution in [3.05, 3.63) is 39.7 Å². The Hall–Kier alpha value is -1.69. The summed E-state index contributed by atoms with van der Waals surface area (Å²) in [5.41, 5.74) is 1.30. The molecular formula is C12H14N2O3S. The number of pyridine rings is 1. The summed E-state index contributed by atoms with van der Waals surface area (Å²) in [6.07, 6.45) is 5.74. The van der Waals surface area contributed by atoms with Crippen LogP contribution in [0.25, 0.3) is 6.08 Å². The van der Waals surface area contributed by atoms with Crippen molar-refractivity contribution in [2.24, 2.45) is 0 Å². The van der Waals surface area contributed by atoms with Gasteiger partial charge in [-0.3, -0.25) is 14.9 Å². The van der Waals surface area contributed by atoms with Gasteiger partial charge in [-0.1, -0.05) is 17.8 Å². The van der Waals surface area contributed by atoms with Gasteiger partial charge >= 0.3 is 0 Å². The largest absolute Gasteiger partial charge is 0.290 e. The van der Waals surface area contributed by atoms with Crippen LogP contribution < -0.4 is 0 Å². The van der Waals surface area contributed by atoms with Crippen LogP contribution in [-0.2, 0) is 4.79 Å². The van der Waals surface area contributed by atoms with Gasteiger partial charge in [0.25, 0.3) is 5.69 Å². The first-order valence-corrected chi connectivity index (χ1v) is 6.40. The molecule has 0 aliphatic rings. The van der Waals surface area contributed by atoms with E-state index in [-0.39, 0.29) is 10.8 Å². The zero-order chi connectivity index (χ0) is 13.5. The van der Waals surface area contributed by atoms with Crippen LogP contribution in [-0.4, -0.2) is 20.8 Å². The third kappa shape index (κ3) is 4.67. The molecule has 1 aromatic heterocycles. The minimum atomic E-state index is -0.445. The average molecular weight is 266 g/mol. The Morgan fingerprint density at radius 3 is 2.89 bits per heavy atom. The highest BCUT2D eigenvalue weighted by atomic mass is 32.2. The second-order valence-corrected chi connectivity index (χ2v) is 4.96. The first-order chi connectivity index (χ1) is 8.50. The Labute approximate surface area is 109 Å². The molecule has 18 heavy (non-hydrogen) atoms. The predicted octanol–water partition coefficient (Wildman–Crippen LogP) is 2.98. The van der Waals surface area contributed by atoms with Crippen LogP contribution in [0.1, 0.15) is 24.6 Å². The van der Waals surface area contributed by atoms with Crippen molar-refractivity contribution in [3.8, 4) is 0 Å². The summed E-state index contributed by atoms with van der Waals surface area (Å²) in [5, 5.41) is 10.7. The van der Waals surface area contributed by atoms with E-state index in [4.69, 9.17) is 0 Å². The molecule has 0 fully saturated rings. The number of nitro groups is 1. The van der Waals surface area contributed by atoms with Gasteiger partial charge < -0.3 is 0 Å². The molecule has 0 atom stereocenters. The molecule has 96 valence electrons. The molecule has 0 spiro atoms. The van der Waals surface area contributed by atoms with E-state index >= 15 is 0 Å². The number of nitrogens with zero attached hydrogens (tertiary/aromatic N) is 2. The standard InChI is InChI=1S/C12H14N2O3S/c1-9-7-11(13-8-12(9)14(16)17)5-3-4-6-18-10(2)15/h3,5,7-8H,4,6H2,1-2H3. The number of hydrogen-bond donors (Lipinski definition) is 0. The van der Waals surface area contributed by atoms with Crippen molar-refractivity contribution in [3.63, 3.8) is 0 Å². The summed E-state index contributed by atoms with van der Waals surface area (Å²) in [6.45, 7) is 3.22. The maximum Gasteiger partial charge on any atom is 0.290 e. The second-order valence-electron chi connectivity index (χ2n) is 3.68. The van der Waals surface area contributed by atoms with E-state index in [0.29, 0.717) is 11.3 Å². The van der Waals surface area contributed by atoms with Crippen LogP contribution in [0.4, 0.5) is 5.69 Å². The maximum atomic E-state index is 10.7. The zero-order valence-electron chi connectivity index (χ0n) is 10.3. The molecule has 0 saturated carbocycles. The van der Waals surface area contributed by atoms with E-state index in [1.807, 2.05) is 6.08 Å². The first-order valence-electron chi connectivity index (χ1n) is 5.41. The highest BCUT2D eigenvalue weighted by Gasteiger charge is 2.09. The van der Waals surface area contributed by atoms with Gasteiger partial charge in [0.05, 0.1) is 10.6 Å². The van der Waals surface area contributed by atoms with Gasteiger partial charge in [0.1, 0.15) is 6.20 Å². The van der Waals surface area contributed by atoms with Crippen molar-refractivity contribution in [2.75, 3.05) is 5.75 Å². The van der Waals surface area contributed by atoms with Crippen LogP contribution in [0.3, 0.4) is 0 Å². The number of carbonyl (C=O) groups excluding carboxylic acids is 1. The monoisotopic (exact) mass is 266 g/mol. The molecule has 1 aromatic rings. The van der Waals surface area contributed by atoms with E-state index in [1.54, 1.807) is 19.1 Å². The Kier molecular flexibility index (Phi) is 5.51. The third-order valence-corrected chi connectivity index (χ3v) is 3.03. The van der Waals surface area contributed by atoms with Crippen molar-refractivity contribution < 1.29 is 9.72 Å². The highest BCUT2D eigenvalue weighted by Crippen LogP contribution is 2.17.